The highest BCUT2D eigenvalue weighted by Gasteiger charge is 2.23. The van der Waals surface area contributed by atoms with E-state index in [9.17, 15) is 9.50 Å². The number of halogens is 1. The summed E-state index contributed by atoms with van der Waals surface area (Å²) in [4.78, 5) is 2.15. The monoisotopic (exact) mass is 503 g/mol. The number of benzene rings is 3. The number of nitrogens with zero attached hydrogens (tertiary/aromatic N) is 3. The molecule has 0 saturated heterocycles. The topological polar surface area (TPSA) is 59.8 Å². The highest BCUT2D eigenvalue weighted by Crippen LogP contribution is 2.36. The highest BCUT2D eigenvalue weighted by atomic mass is 19.1. The Labute approximate surface area is 217 Å². The molecule has 0 radical (unpaired) electrons. The molecule has 4 aromatic rings. The van der Waals surface area contributed by atoms with Crippen molar-refractivity contribution in [2.24, 2.45) is 0 Å². The molecule has 0 amide bonds. The summed E-state index contributed by atoms with van der Waals surface area (Å²) in [5.41, 5.74) is 3.56. The Kier molecular flexibility index (Phi) is 8.93. The minimum Gasteiger partial charge on any atom is -0.493 e. The van der Waals surface area contributed by atoms with E-state index in [-0.39, 0.29) is 5.82 Å². The minimum atomic E-state index is -0.478. The Morgan fingerprint density at radius 2 is 1.62 bits per heavy atom. The van der Waals surface area contributed by atoms with Crippen LogP contribution in [0.3, 0.4) is 0 Å². The van der Waals surface area contributed by atoms with Gasteiger partial charge in [0.15, 0.2) is 11.5 Å². The molecule has 0 aliphatic rings. The molecule has 4 rings (SSSR count). The van der Waals surface area contributed by atoms with E-state index in [1.807, 2.05) is 61.5 Å². The van der Waals surface area contributed by atoms with Crippen LogP contribution in [0.4, 0.5) is 4.39 Å². The number of aliphatic hydroxyl groups is 1. The van der Waals surface area contributed by atoms with Crippen molar-refractivity contribution in [2.75, 3.05) is 13.7 Å². The zero-order valence-corrected chi connectivity index (χ0v) is 21.6. The Hall–Kier alpha value is -3.68. The van der Waals surface area contributed by atoms with Crippen molar-refractivity contribution in [3.8, 4) is 23.1 Å². The van der Waals surface area contributed by atoms with Crippen molar-refractivity contribution >= 4 is 0 Å². The van der Waals surface area contributed by atoms with Crippen LogP contribution in [0.5, 0.6) is 17.4 Å². The van der Waals surface area contributed by atoms with Crippen LogP contribution in [0.25, 0.3) is 5.69 Å². The van der Waals surface area contributed by atoms with E-state index in [0.29, 0.717) is 43.4 Å². The number of para-hydroxylation sites is 3. The molecule has 6 nitrogen and oxygen atoms in total. The molecular weight excluding hydrogens is 469 g/mol. The van der Waals surface area contributed by atoms with E-state index in [0.717, 1.165) is 28.9 Å². The summed E-state index contributed by atoms with van der Waals surface area (Å²) in [5, 5.41) is 15.5. The number of aliphatic hydroxyl groups excluding tert-OH is 1. The third-order valence-electron chi connectivity index (χ3n) is 6.21. The zero-order valence-electron chi connectivity index (χ0n) is 21.6. The van der Waals surface area contributed by atoms with Gasteiger partial charge in [0.2, 0.25) is 5.88 Å². The number of methoxy groups -OCH3 is 1. The van der Waals surface area contributed by atoms with Crippen molar-refractivity contribution in [1.29, 1.82) is 0 Å². The van der Waals surface area contributed by atoms with Gasteiger partial charge in [-0.15, -0.1) is 0 Å². The molecule has 1 unspecified atom stereocenters. The van der Waals surface area contributed by atoms with Gasteiger partial charge < -0.3 is 14.6 Å². The first-order valence-electron chi connectivity index (χ1n) is 12.6. The van der Waals surface area contributed by atoms with Gasteiger partial charge in [-0.3, -0.25) is 4.90 Å². The van der Waals surface area contributed by atoms with Crippen molar-refractivity contribution < 1.29 is 19.0 Å². The second-order valence-corrected chi connectivity index (χ2v) is 9.11. The van der Waals surface area contributed by atoms with Crippen molar-refractivity contribution in [3.05, 3.63) is 102 Å². The number of hydrogen-bond acceptors (Lipinski definition) is 5. The predicted molar refractivity (Wildman–Crippen MR) is 143 cm³/mol. The number of rotatable bonds is 12. The molecule has 1 heterocycles. The zero-order chi connectivity index (χ0) is 26.2. The lowest BCUT2D eigenvalue weighted by Crippen LogP contribution is -2.32. The highest BCUT2D eigenvalue weighted by molar-refractivity contribution is 5.47. The van der Waals surface area contributed by atoms with Crippen molar-refractivity contribution in [1.82, 2.24) is 14.7 Å². The molecule has 0 aliphatic heterocycles. The van der Waals surface area contributed by atoms with Gasteiger partial charge >= 0.3 is 0 Å². The van der Waals surface area contributed by atoms with Gasteiger partial charge in [0, 0.05) is 19.6 Å². The minimum absolute atomic E-state index is 0.270. The lowest BCUT2D eigenvalue weighted by molar-refractivity contribution is 0.0965. The fourth-order valence-corrected chi connectivity index (χ4v) is 4.36. The summed E-state index contributed by atoms with van der Waals surface area (Å²) in [6.07, 6.45) is 1.11. The first kappa shape index (κ1) is 26.4. The van der Waals surface area contributed by atoms with Crippen LogP contribution in [0.15, 0.2) is 78.9 Å². The van der Waals surface area contributed by atoms with Crippen molar-refractivity contribution in [2.45, 2.75) is 45.9 Å². The van der Waals surface area contributed by atoms with Gasteiger partial charge in [0.25, 0.3) is 0 Å². The molecule has 0 saturated carbocycles. The number of ether oxygens (including phenoxy) is 2. The number of aryl methyl sites for hydroxylation is 1. The van der Waals surface area contributed by atoms with Crippen LogP contribution < -0.4 is 9.47 Å². The molecule has 1 atom stereocenters. The van der Waals surface area contributed by atoms with E-state index >= 15 is 0 Å². The summed E-state index contributed by atoms with van der Waals surface area (Å²) in [6, 6.07) is 23.8. The first-order chi connectivity index (χ1) is 18.0. The van der Waals surface area contributed by atoms with Gasteiger partial charge in [-0.1, -0.05) is 55.8 Å². The molecule has 0 fully saturated rings. The Morgan fingerprint density at radius 1 is 0.946 bits per heavy atom. The van der Waals surface area contributed by atoms with Gasteiger partial charge in [-0.05, 0) is 55.3 Å². The third kappa shape index (κ3) is 6.76. The second-order valence-electron chi connectivity index (χ2n) is 9.11. The largest absolute Gasteiger partial charge is 0.493 e. The molecule has 7 heteroatoms. The standard InChI is InChI=1S/C30H34FN3O3/c1-4-10-26(35)20-33(19-23-15-17-24(31)18-16-23)21-27-22(2)32-34(25-11-6-5-7-12-25)30(27)37-29-14-9-8-13-28(29)36-3/h5-9,11-18,26,35H,4,10,19-21H2,1-3H3. The van der Waals surface area contributed by atoms with Crippen LogP contribution in [0.2, 0.25) is 0 Å². The molecule has 0 spiro atoms. The van der Waals surface area contributed by atoms with Gasteiger partial charge in [-0.2, -0.15) is 5.10 Å². The maximum atomic E-state index is 13.5. The maximum absolute atomic E-state index is 13.5. The first-order valence-corrected chi connectivity index (χ1v) is 12.6. The molecule has 3 aromatic carbocycles. The van der Waals surface area contributed by atoms with E-state index < -0.39 is 6.10 Å². The molecule has 37 heavy (non-hydrogen) atoms. The number of aromatic nitrogens is 2. The fraction of sp³-hybridized carbons (Fsp3) is 0.300. The van der Waals surface area contributed by atoms with E-state index in [2.05, 4.69) is 11.8 Å². The lowest BCUT2D eigenvalue weighted by Gasteiger charge is -2.25. The Morgan fingerprint density at radius 3 is 2.30 bits per heavy atom. The molecule has 0 bridgehead atoms. The molecule has 194 valence electrons. The molecule has 1 N–H and O–H groups in total. The van der Waals surface area contributed by atoms with Gasteiger partial charge in [0.05, 0.1) is 30.2 Å². The van der Waals surface area contributed by atoms with Crippen LogP contribution in [-0.4, -0.2) is 39.5 Å². The van der Waals surface area contributed by atoms with E-state index in [1.165, 1.54) is 12.1 Å². The summed E-state index contributed by atoms with van der Waals surface area (Å²) in [6.45, 7) is 5.52. The summed E-state index contributed by atoms with van der Waals surface area (Å²) >= 11 is 0. The third-order valence-corrected chi connectivity index (χ3v) is 6.21. The summed E-state index contributed by atoms with van der Waals surface area (Å²) < 4.78 is 27.4. The normalized spacial score (nSPS) is 12.1. The van der Waals surface area contributed by atoms with Crippen LogP contribution in [-0.2, 0) is 13.1 Å². The van der Waals surface area contributed by atoms with Gasteiger partial charge in [-0.25, -0.2) is 9.07 Å². The van der Waals surface area contributed by atoms with Crippen molar-refractivity contribution in [3.63, 3.8) is 0 Å². The summed E-state index contributed by atoms with van der Waals surface area (Å²) in [5.74, 6) is 1.52. The SMILES string of the molecule is CCCC(O)CN(Cc1ccc(F)cc1)Cc1c(C)nn(-c2ccccc2)c1Oc1ccccc1OC. The average molecular weight is 504 g/mol. The van der Waals surface area contributed by atoms with Crippen LogP contribution >= 0.6 is 0 Å². The van der Waals surface area contributed by atoms with E-state index in [4.69, 9.17) is 14.6 Å². The van der Waals surface area contributed by atoms with Gasteiger partial charge in [0.1, 0.15) is 5.82 Å². The summed E-state index contributed by atoms with van der Waals surface area (Å²) in [7, 11) is 1.61. The van der Waals surface area contributed by atoms with E-state index in [1.54, 1.807) is 23.9 Å². The smallest absolute Gasteiger partial charge is 0.227 e. The Bertz CT molecular complexity index is 1280. The quantitative estimate of drug-likeness (QED) is 0.246. The maximum Gasteiger partial charge on any atom is 0.227 e. The predicted octanol–water partition coefficient (Wildman–Crippen LogP) is 6.28. The molecule has 1 aromatic heterocycles. The Balaban J connectivity index is 1.73. The fourth-order valence-electron chi connectivity index (χ4n) is 4.36. The average Bonchev–Trinajstić information content (AvgIpc) is 3.21. The molecule has 0 aliphatic carbocycles. The lowest BCUT2D eigenvalue weighted by atomic mass is 10.1. The van der Waals surface area contributed by atoms with Crippen LogP contribution in [0, 0.1) is 12.7 Å². The van der Waals surface area contributed by atoms with Crippen LogP contribution in [0.1, 0.15) is 36.6 Å². The molecular formula is C30H34FN3O3. The second kappa shape index (κ2) is 12.5. The number of hydrogen-bond donors (Lipinski definition) is 1.